The highest BCUT2D eigenvalue weighted by atomic mass is 16.5. The molecule has 1 aliphatic rings. The highest BCUT2D eigenvalue weighted by Gasteiger charge is 2.30. The van der Waals surface area contributed by atoms with Gasteiger partial charge in [0.25, 0.3) is 0 Å². The van der Waals surface area contributed by atoms with E-state index in [9.17, 15) is 9.59 Å². The van der Waals surface area contributed by atoms with E-state index in [-0.39, 0.29) is 17.8 Å². The molecule has 4 heteroatoms. The maximum Gasteiger partial charge on any atom is 0.303 e. The molecule has 1 aromatic rings. The first-order chi connectivity index (χ1) is 8.40. The van der Waals surface area contributed by atoms with Gasteiger partial charge in [0.1, 0.15) is 0 Å². The van der Waals surface area contributed by atoms with Crippen molar-refractivity contribution >= 4 is 17.4 Å². The van der Waals surface area contributed by atoms with Gasteiger partial charge < -0.3 is 10.1 Å². The fourth-order valence-corrected chi connectivity index (χ4v) is 2.09. The molecule has 96 valence electrons. The number of hydrogen-bond donors (Lipinski definition) is 1. The normalized spacial score (nSPS) is 15.7. The van der Waals surface area contributed by atoms with Gasteiger partial charge in [0.05, 0.1) is 0 Å². The molecule has 0 saturated heterocycles. The molecule has 0 bridgehead atoms. The summed E-state index contributed by atoms with van der Waals surface area (Å²) >= 11 is 0. The SMILES string of the molecule is CC(=O)OCC(=O)c1ccc2c(c1)C(C)(C)CN2. The highest BCUT2D eigenvalue weighted by Crippen LogP contribution is 2.36. The fourth-order valence-electron chi connectivity index (χ4n) is 2.09. The Morgan fingerprint density at radius 1 is 1.39 bits per heavy atom. The second-order valence-electron chi connectivity index (χ2n) is 5.20. The van der Waals surface area contributed by atoms with E-state index in [1.807, 2.05) is 12.1 Å². The molecule has 0 aliphatic carbocycles. The molecule has 0 spiro atoms. The number of fused-ring (bicyclic) bond motifs is 1. The molecule has 0 unspecified atom stereocenters. The van der Waals surface area contributed by atoms with Crippen molar-refractivity contribution in [3.63, 3.8) is 0 Å². The summed E-state index contributed by atoms with van der Waals surface area (Å²) in [4.78, 5) is 22.5. The third kappa shape index (κ3) is 2.37. The third-order valence-electron chi connectivity index (χ3n) is 3.20. The summed E-state index contributed by atoms with van der Waals surface area (Å²) in [5.74, 6) is -0.609. The average Bonchev–Trinajstić information content (AvgIpc) is 2.62. The van der Waals surface area contributed by atoms with Gasteiger partial charge in [0, 0.05) is 30.1 Å². The number of ether oxygens (including phenoxy) is 1. The van der Waals surface area contributed by atoms with E-state index in [0.717, 1.165) is 17.8 Å². The van der Waals surface area contributed by atoms with Crippen molar-refractivity contribution in [2.45, 2.75) is 26.2 Å². The molecule has 2 rings (SSSR count). The van der Waals surface area contributed by atoms with Crippen LogP contribution < -0.4 is 5.32 Å². The number of benzene rings is 1. The molecule has 1 heterocycles. The predicted molar refractivity (Wildman–Crippen MR) is 68.9 cm³/mol. The first-order valence-corrected chi connectivity index (χ1v) is 5.95. The lowest BCUT2D eigenvalue weighted by Gasteiger charge is -2.17. The Kier molecular flexibility index (Phi) is 3.11. The van der Waals surface area contributed by atoms with Crippen LogP contribution in [0.2, 0.25) is 0 Å². The van der Waals surface area contributed by atoms with Crippen LogP contribution in [0.3, 0.4) is 0 Å². The Labute approximate surface area is 106 Å². The van der Waals surface area contributed by atoms with E-state index < -0.39 is 5.97 Å². The van der Waals surface area contributed by atoms with Crippen LogP contribution in [0.15, 0.2) is 18.2 Å². The Hall–Kier alpha value is -1.84. The van der Waals surface area contributed by atoms with Crippen LogP contribution in [0.4, 0.5) is 5.69 Å². The molecular formula is C14H17NO3. The van der Waals surface area contributed by atoms with Gasteiger partial charge in [-0.1, -0.05) is 13.8 Å². The number of Topliss-reactive ketones (excluding diaryl/α,β-unsaturated/α-hetero) is 1. The van der Waals surface area contributed by atoms with Crippen molar-refractivity contribution < 1.29 is 14.3 Å². The molecule has 0 radical (unpaired) electrons. The Morgan fingerprint density at radius 3 is 2.78 bits per heavy atom. The molecule has 18 heavy (non-hydrogen) atoms. The van der Waals surface area contributed by atoms with Crippen molar-refractivity contribution in [1.82, 2.24) is 0 Å². The molecular weight excluding hydrogens is 230 g/mol. The average molecular weight is 247 g/mol. The largest absolute Gasteiger partial charge is 0.457 e. The van der Waals surface area contributed by atoms with E-state index in [1.54, 1.807) is 6.07 Å². The van der Waals surface area contributed by atoms with E-state index >= 15 is 0 Å². The van der Waals surface area contributed by atoms with E-state index in [0.29, 0.717) is 5.56 Å². The van der Waals surface area contributed by atoms with Gasteiger partial charge in [-0.15, -0.1) is 0 Å². The quantitative estimate of drug-likeness (QED) is 0.656. The maximum absolute atomic E-state index is 11.9. The van der Waals surface area contributed by atoms with Crippen LogP contribution in [-0.4, -0.2) is 24.9 Å². The smallest absolute Gasteiger partial charge is 0.303 e. The fraction of sp³-hybridized carbons (Fsp3) is 0.429. The maximum atomic E-state index is 11.9. The second-order valence-corrected chi connectivity index (χ2v) is 5.20. The lowest BCUT2D eigenvalue weighted by Crippen LogP contribution is -2.19. The number of rotatable bonds is 3. The van der Waals surface area contributed by atoms with Crippen molar-refractivity contribution in [3.8, 4) is 0 Å². The lowest BCUT2D eigenvalue weighted by molar-refractivity contribution is -0.139. The molecule has 4 nitrogen and oxygen atoms in total. The van der Waals surface area contributed by atoms with Crippen LogP contribution in [0, 0.1) is 0 Å². The zero-order chi connectivity index (χ0) is 13.3. The van der Waals surface area contributed by atoms with Gasteiger partial charge in [-0.3, -0.25) is 9.59 Å². The number of ketones is 1. The minimum atomic E-state index is -0.438. The Balaban J connectivity index is 2.21. The van der Waals surface area contributed by atoms with Gasteiger partial charge in [-0.25, -0.2) is 0 Å². The summed E-state index contributed by atoms with van der Waals surface area (Å²) in [6.07, 6.45) is 0. The zero-order valence-electron chi connectivity index (χ0n) is 10.9. The summed E-state index contributed by atoms with van der Waals surface area (Å²) in [6, 6.07) is 5.56. The highest BCUT2D eigenvalue weighted by molar-refractivity contribution is 5.98. The molecule has 1 aromatic carbocycles. The summed E-state index contributed by atoms with van der Waals surface area (Å²) in [5.41, 5.74) is 2.82. The number of esters is 1. The third-order valence-corrected chi connectivity index (χ3v) is 3.20. The minimum Gasteiger partial charge on any atom is -0.457 e. The van der Waals surface area contributed by atoms with E-state index in [4.69, 9.17) is 4.74 Å². The molecule has 1 N–H and O–H groups in total. The van der Waals surface area contributed by atoms with Crippen molar-refractivity contribution in [2.75, 3.05) is 18.5 Å². The van der Waals surface area contributed by atoms with Crippen LogP contribution in [0.1, 0.15) is 36.7 Å². The topological polar surface area (TPSA) is 55.4 Å². The van der Waals surface area contributed by atoms with Gasteiger partial charge >= 0.3 is 5.97 Å². The van der Waals surface area contributed by atoms with Crippen LogP contribution in [0.5, 0.6) is 0 Å². The number of hydrogen-bond acceptors (Lipinski definition) is 4. The van der Waals surface area contributed by atoms with E-state index in [1.165, 1.54) is 6.92 Å². The first kappa shape index (κ1) is 12.6. The summed E-state index contributed by atoms with van der Waals surface area (Å²) in [7, 11) is 0. The molecule has 0 saturated carbocycles. The van der Waals surface area contributed by atoms with Crippen molar-refractivity contribution in [3.05, 3.63) is 29.3 Å². The molecule has 0 atom stereocenters. The van der Waals surface area contributed by atoms with E-state index in [2.05, 4.69) is 19.2 Å². The van der Waals surface area contributed by atoms with Gasteiger partial charge in [-0.05, 0) is 23.8 Å². The standard InChI is InChI=1S/C14H17NO3/c1-9(16)18-7-13(17)10-4-5-12-11(6-10)14(2,3)8-15-12/h4-6,15H,7-8H2,1-3H3. The minimum absolute atomic E-state index is 0.0209. The lowest BCUT2D eigenvalue weighted by atomic mass is 9.86. The molecule has 0 aromatic heterocycles. The van der Waals surface area contributed by atoms with Gasteiger partial charge in [0.2, 0.25) is 0 Å². The van der Waals surface area contributed by atoms with Crippen LogP contribution in [-0.2, 0) is 14.9 Å². The van der Waals surface area contributed by atoms with Crippen LogP contribution >= 0.6 is 0 Å². The summed E-state index contributed by atoms with van der Waals surface area (Å²) in [6.45, 7) is 6.23. The number of carbonyl (C=O) groups excluding carboxylic acids is 2. The van der Waals surface area contributed by atoms with Gasteiger partial charge in [0.15, 0.2) is 12.4 Å². The predicted octanol–water partition coefficient (Wildman–Crippen LogP) is 2.14. The van der Waals surface area contributed by atoms with Crippen LogP contribution in [0.25, 0.3) is 0 Å². The number of nitrogens with one attached hydrogen (secondary N) is 1. The molecule has 0 amide bonds. The number of anilines is 1. The zero-order valence-corrected chi connectivity index (χ0v) is 10.9. The Bertz CT molecular complexity index is 506. The summed E-state index contributed by atoms with van der Waals surface area (Å²) < 4.78 is 4.73. The molecule has 0 fully saturated rings. The first-order valence-electron chi connectivity index (χ1n) is 5.95. The van der Waals surface area contributed by atoms with Crippen molar-refractivity contribution in [1.29, 1.82) is 0 Å². The second kappa shape index (κ2) is 4.44. The monoisotopic (exact) mass is 247 g/mol. The van der Waals surface area contributed by atoms with Gasteiger partial charge in [-0.2, -0.15) is 0 Å². The Morgan fingerprint density at radius 2 is 2.11 bits per heavy atom. The number of carbonyl (C=O) groups is 2. The molecule has 1 aliphatic heterocycles. The summed E-state index contributed by atoms with van der Waals surface area (Å²) in [5, 5.41) is 3.31. The van der Waals surface area contributed by atoms with Crippen molar-refractivity contribution in [2.24, 2.45) is 0 Å².